The molecule has 3 aromatic heterocycles. The quantitative estimate of drug-likeness (QED) is 0.218. The third-order valence-electron chi connectivity index (χ3n) is 7.74. The van der Waals surface area contributed by atoms with Crippen LogP contribution < -0.4 is 16.8 Å². The molecule has 0 amide bonds. The average Bonchev–Trinajstić information content (AvgIpc) is 3.29. The van der Waals surface area contributed by atoms with E-state index in [0.29, 0.717) is 21.8 Å². The average molecular weight is 569 g/mol. The Kier molecular flexibility index (Phi) is 4.47. The van der Waals surface area contributed by atoms with Gasteiger partial charge in [0, 0.05) is 26.0 Å². The molecule has 3 heterocycles. The third-order valence-corrected chi connectivity index (χ3v) is 8.36. The normalized spacial score (nSPS) is 12.0. The first-order valence-corrected chi connectivity index (χ1v) is 13.3. The summed E-state index contributed by atoms with van der Waals surface area (Å²) in [6, 6.07) is 33.1. The van der Waals surface area contributed by atoms with Crippen molar-refractivity contribution in [3.8, 4) is 22.3 Å². The molecule has 8 rings (SSSR count). The van der Waals surface area contributed by atoms with E-state index >= 15 is 0 Å². The fourth-order valence-electron chi connectivity index (χ4n) is 5.95. The van der Waals surface area contributed by atoms with Gasteiger partial charge in [-0.3, -0.25) is 9.59 Å². The highest BCUT2D eigenvalue weighted by atomic mass is 79.9. The molecule has 39 heavy (non-hydrogen) atoms. The molecule has 0 atom stereocenters. The zero-order valence-corrected chi connectivity index (χ0v) is 21.9. The second-order valence-electron chi connectivity index (χ2n) is 9.79. The van der Waals surface area contributed by atoms with Crippen molar-refractivity contribution in [2.45, 2.75) is 0 Å². The van der Waals surface area contributed by atoms with Crippen molar-refractivity contribution < 1.29 is 0 Å². The highest BCUT2D eigenvalue weighted by molar-refractivity contribution is 9.10. The first-order valence-electron chi connectivity index (χ1n) is 12.5. The minimum Gasteiger partial charge on any atom is -0.268 e. The Morgan fingerprint density at radius 2 is 0.974 bits per heavy atom. The lowest BCUT2D eigenvalue weighted by atomic mass is 9.96. The molecule has 6 heteroatoms. The van der Waals surface area contributed by atoms with Gasteiger partial charge in [0.2, 0.25) is 0 Å². The maximum absolute atomic E-state index is 13.8. The van der Waals surface area contributed by atoms with Gasteiger partial charge in [0.05, 0.1) is 11.0 Å². The molecule has 0 N–H and O–H groups in total. The van der Waals surface area contributed by atoms with E-state index in [1.54, 1.807) is 12.1 Å². The van der Waals surface area contributed by atoms with Crippen LogP contribution in [0, 0.1) is 0 Å². The van der Waals surface area contributed by atoms with Crippen LogP contribution in [-0.4, -0.2) is 8.80 Å². The number of nitrogens with zero attached hydrogens (tertiary/aromatic N) is 2. The highest BCUT2D eigenvalue weighted by Gasteiger charge is 2.25. The van der Waals surface area contributed by atoms with Crippen LogP contribution in [0.25, 0.3) is 65.6 Å². The Bertz CT molecular complexity index is 2450. The van der Waals surface area contributed by atoms with Crippen molar-refractivity contribution >= 4 is 59.3 Å². The van der Waals surface area contributed by atoms with E-state index < -0.39 is 16.8 Å². The Hall–Kier alpha value is -4.81. The molecule has 5 nitrogen and oxygen atoms in total. The summed E-state index contributed by atoms with van der Waals surface area (Å²) in [6.07, 6.45) is 0. The minimum atomic E-state index is -0.642. The molecule has 184 valence electrons. The summed E-state index contributed by atoms with van der Waals surface area (Å²) >= 11 is 3.78. The number of fused-ring (bicyclic) bond motifs is 4. The molecule has 0 spiro atoms. The van der Waals surface area contributed by atoms with Crippen LogP contribution in [0.4, 0.5) is 0 Å². The lowest BCUT2D eigenvalue weighted by Crippen LogP contribution is -2.30. The number of benzene rings is 5. The summed E-state index contributed by atoms with van der Waals surface area (Å²) in [5, 5.41) is 3.79. The van der Waals surface area contributed by atoms with Gasteiger partial charge in [0.25, 0.3) is 11.1 Å². The number of imidazole rings is 1. The molecule has 0 aliphatic heterocycles. The number of pyridine rings is 2. The van der Waals surface area contributed by atoms with Crippen molar-refractivity contribution in [1.29, 1.82) is 0 Å². The molecule has 0 saturated heterocycles. The fourth-order valence-corrected chi connectivity index (χ4v) is 6.58. The summed E-state index contributed by atoms with van der Waals surface area (Å²) < 4.78 is 3.07. The number of halogens is 1. The van der Waals surface area contributed by atoms with Crippen molar-refractivity contribution in [2.75, 3.05) is 0 Å². The van der Waals surface area contributed by atoms with E-state index in [2.05, 4.69) is 15.9 Å². The van der Waals surface area contributed by atoms with Crippen molar-refractivity contribution in [3.05, 3.63) is 139 Å². The van der Waals surface area contributed by atoms with Gasteiger partial charge in [0.15, 0.2) is 0 Å². The standard InChI is InChI=1S/C33H17BrN2O3/c34-27-17-26-24-15-20(18-7-3-1-4-8-18)11-13-22(24)31(37)35-29(26)30-28(27)25-16-21(19-9-5-2-6-10-19)12-14-23(25)32(38)36(30)33(35)39/h1-17H. The highest BCUT2D eigenvalue weighted by Crippen LogP contribution is 2.39. The first-order chi connectivity index (χ1) is 19.0. The smallest absolute Gasteiger partial charge is 0.268 e. The van der Waals surface area contributed by atoms with E-state index in [4.69, 9.17) is 0 Å². The van der Waals surface area contributed by atoms with Gasteiger partial charge in [-0.25, -0.2) is 13.6 Å². The van der Waals surface area contributed by atoms with Gasteiger partial charge in [-0.2, -0.15) is 0 Å². The molecule has 8 aromatic rings. The van der Waals surface area contributed by atoms with Crippen LogP contribution in [-0.2, 0) is 0 Å². The van der Waals surface area contributed by atoms with E-state index in [0.717, 1.165) is 57.1 Å². The zero-order chi connectivity index (χ0) is 26.4. The maximum atomic E-state index is 13.8. The van der Waals surface area contributed by atoms with Gasteiger partial charge in [0.1, 0.15) is 0 Å². The number of hydrogen-bond acceptors (Lipinski definition) is 3. The SMILES string of the molecule is O=c1c2ccc(-c3ccccc3)cc2c2cc(Br)c3c4cc(-c5ccccc5)ccc4c(=O)n4c(=O)n1c2c34. The largest absolute Gasteiger partial charge is 0.343 e. The van der Waals surface area contributed by atoms with Gasteiger partial charge in [-0.1, -0.05) is 88.7 Å². The zero-order valence-electron chi connectivity index (χ0n) is 20.3. The lowest BCUT2D eigenvalue weighted by Gasteiger charge is -2.12. The third kappa shape index (κ3) is 2.92. The molecule has 0 radical (unpaired) electrons. The van der Waals surface area contributed by atoms with E-state index in [1.807, 2.05) is 91.0 Å². The Labute approximate surface area is 228 Å². The summed E-state index contributed by atoms with van der Waals surface area (Å²) in [6.45, 7) is 0. The van der Waals surface area contributed by atoms with Crippen LogP contribution in [0.15, 0.2) is 122 Å². The Morgan fingerprint density at radius 3 is 1.56 bits per heavy atom. The molecule has 0 unspecified atom stereocenters. The van der Waals surface area contributed by atoms with Crippen molar-refractivity contribution in [2.24, 2.45) is 0 Å². The van der Waals surface area contributed by atoms with Crippen LogP contribution in [0.3, 0.4) is 0 Å². The summed E-state index contributed by atoms with van der Waals surface area (Å²) in [5.74, 6) is 0. The van der Waals surface area contributed by atoms with Crippen LogP contribution in [0.2, 0.25) is 0 Å². The molecular weight excluding hydrogens is 552 g/mol. The summed E-state index contributed by atoms with van der Waals surface area (Å²) in [7, 11) is 0. The van der Waals surface area contributed by atoms with Crippen molar-refractivity contribution in [3.63, 3.8) is 0 Å². The summed E-state index contributed by atoms with van der Waals surface area (Å²) in [4.78, 5) is 41.3. The van der Waals surface area contributed by atoms with E-state index in [-0.39, 0.29) is 0 Å². The molecule has 0 aliphatic rings. The molecule has 0 bridgehead atoms. The predicted octanol–water partition coefficient (Wildman–Crippen LogP) is 6.70. The molecule has 0 aliphatic carbocycles. The summed E-state index contributed by atoms with van der Waals surface area (Å²) in [5.41, 5.74) is 3.39. The van der Waals surface area contributed by atoms with Crippen LogP contribution >= 0.6 is 15.9 Å². The molecule has 0 fully saturated rings. The van der Waals surface area contributed by atoms with Crippen molar-refractivity contribution in [1.82, 2.24) is 8.80 Å². The number of aromatic nitrogens is 2. The van der Waals surface area contributed by atoms with Gasteiger partial charge >= 0.3 is 5.69 Å². The van der Waals surface area contributed by atoms with Gasteiger partial charge < -0.3 is 0 Å². The van der Waals surface area contributed by atoms with Crippen LogP contribution in [0.5, 0.6) is 0 Å². The second kappa shape index (κ2) is 7.85. The van der Waals surface area contributed by atoms with E-state index in [1.165, 1.54) is 0 Å². The minimum absolute atomic E-state index is 0.423. The van der Waals surface area contributed by atoms with Gasteiger partial charge in [-0.15, -0.1) is 0 Å². The van der Waals surface area contributed by atoms with Crippen LogP contribution in [0.1, 0.15) is 0 Å². The lowest BCUT2D eigenvalue weighted by molar-refractivity contribution is 0.958. The number of hydrogen-bond donors (Lipinski definition) is 0. The molecule has 0 saturated carbocycles. The Balaban J connectivity index is 1.59. The maximum Gasteiger partial charge on any atom is 0.343 e. The fraction of sp³-hybridized carbons (Fsp3) is 0. The predicted molar refractivity (Wildman–Crippen MR) is 161 cm³/mol. The molecule has 5 aromatic carbocycles. The topological polar surface area (TPSA) is 60.0 Å². The first kappa shape index (κ1) is 22.2. The van der Waals surface area contributed by atoms with E-state index in [9.17, 15) is 14.4 Å². The molecular formula is C33H17BrN2O3. The second-order valence-corrected chi connectivity index (χ2v) is 10.6. The van der Waals surface area contributed by atoms with Gasteiger partial charge in [-0.05, 0) is 63.4 Å². The Morgan fingerprint density at radius 1 is 0.462 bits per heavy atom. The monoisotopic (exact) mass is 568 g/mol. The number of rotatable bonds is 2.